The van der Waals surface area contributed by atoms with E-state index in [-0.39, 0.29) is 12.0 Å². The first kappa shape index (κ1) is 17.8. The standard InChI is InChI=1S/C20H22N2O4/c23-19(9-8-17-7-4-14-25-17)21-15-16-10-12-22(13-11-16)20(24)26-18-5-2-1-3-6-18/h1-9,14,16H,10-13,15H2,(H,21,23)/b9-8+. The summed E-state index contributed by atoms with van der Waals surface area (Å²) in [5, 5.41) is 2.90. The number of furan rings is 1. The predicted molar refractivity (Wildman–Crippen MR) is 97.5 cm³/mol. The number of piperidine rings is 1. The second-order valence-corrected chi connectivity index (χ2v) is 6.21. The number of hydrogen-bond acceptors (Lipinski definition) is 4. The van der Waals surface area contributed by atoms with E-state index in [9.17, 15) is 9.59 Å². The molecule has 3 rings (SSSR count). The third-order valence-corrected chi connectivity index (χ3v) is 4.33. The minimum atomic E-state index is -0.319. The van der Waals surface area contributed by atoms with Crippen LogP contribution in [-0.2, 0) is 4.79 Å². The number of benzene rings is 1. The zero-order valence-corrected chi connectivity index (χ0v) is 14.5. The Hall–Kier alpha value is -3.02. The lowest BCUT2D eigenvalue weighted by atomic mass is 9.97. The van der Waals surface area contributed by atoms with E-state index in [0.717, 1.165) is 12.8 Å². The number of hydrogen-bond donors (Lipinski definition) is 1. The summed E-state index contributed by atoms with van der Waals surface area (Å²) in [6, 6.07) is 12.6. The Labute approximate surface area is 152 Å². The number of carbonyl (C=O) groups excluding carboxylic acids is 2. The average Bonchev–Trinajstić information content (AvgIpc) is 3.19. The normalized spacial score (nSPS) is 15.2. The Balaban J connectivity index is 1.37. The lowest BCUT2D eigenvalue weighted by Gasteiger charge is -2.31. The van der Waals surface area contributed by atoms with Gasteiger partial charge < -0.3 is 19.4 Å². The van der Waals surface area contributed by atoms with Crippen molar-refractivity contribution >= 4 is 18.1 Å². The molecule has 1 saturated heterocycles. The molecule has 1 aromatic carbocycles. The van der Waals surface area contributed by atoms with Gasteiger partial charge in [-0.25, -0.2) is 4.79 Å². The minimum Gasteiger partial charge on any atom is -0.465 e. The van der Waals surface area contributed by atoms with E-state index in [4.69, 9.17) is 9.15 Å². The highest BCUT2D eigenvalue weighted by Crippen LogP contribution is 2.18. The van der Waals surface area contributed by atoms with Gasteiger partial charge in [0, 0.05) is 25.7 Å². The Morgan fingerprint density at radius 2 is 1.92 bits per heavy atom. The molecular weight excluding hydrogens is 332 g/mol. The van der Waals surface area contributed by atoms with Gasteiger partial charge in [-0.2, -0.15) is 0 Å². The smallest absolute Gasteiger partial charge is 0.415 e. The van der Waals surface area contributed by atoms with E-state index < -0.39 is 0 Å². The van der Waals surface area contributed by atoms with Gasteiger partial charge in [0.15, 0.2) is 0 Å². The number of likely N-dealkylation sites (tertiary alicyclic amines) is 1. The van der Waals surface area contributed by atoms with Crippen LogP contribution in [0.2, 0.25) is 0 Å². The van der Waals surface area contributed by atoms with Gasteiger partial charge in [0.25, 0.3) is 0 Å². The Kier molecular flexibility index (Phi) is 6.09. The van der Waals surface area contributed by atoms with E-state index in [0.29, 0.717) is 37.1 Å². The summed E-state index contributed by atoms with van der Waals surface area (Å²) >= 11 is 0. The fraction of sp³-hybridized carbons (Fsp3) is 0.300. The molecule has 6 nitrogen and oxygen atoms in total. The van der Waals surface area contributed by atoms with Crippen LogP contribution in [0.25, 0.3) is 6.08 Å². The molecule has 1 aliphatic rings. The maximum atomic E-state index is 12.2. The quantitative estimate of drug-likeness (QED) is 0.836. The molecule has 1 N–H and O–H groups in total. The number of nitrogens with one attached hydrogen (secondary N) is 1. The Bertz CT molecular complexity index is 732. The molecule has 0 unspecified atom stereocenters. The molecule has 6 heteroatoms. The van der Waals surface area contributed by atoms with Crippen molar-refractivity contribution in [2.75, 3.05) is 19.6 Å². The minimum absolute atomic E-state index is 0.146. The van der Waals surface area contributed by atoms with Crippen LogP contribution < -0.4 is 10.1 Å². The van der Waals surface area contributed by atoms with Gasteiger partial charge in [0.05, 0.1) is 6.26 Å². The van der Waals surface area contributed by atoms with Crippen LogP contribution in [0, 0.1) is 5.92 Å². The van der Waals surface area contributed by atoms with Gasteiger partial charge in [-0.3, -0.25) is 4.79 Å². The monoisotopic (exact) mass is 354 g/mol. The highest BCUT2D eigenvalue weighted by Gasteiger charge is 2.24. The molecule has 0 spiro atoms. The molecule has 0 atom stereocenters. The topological polar surface area (TPSA) is 71.8 Å². The van der Waals surface area contributed by atoms with E-state index in [1.807, 2.05) is 18.2 Å². The number of para-hydroxylation sites is 1. The molecule has 1 fully saturated rings. The Morgan fingerprint density at radius 1 is 1.15 bits per heavy atom. The summed E-state index contributed by atoms with van der Waals surface area (Å²) in [5.74, 6) is 1.41. The SMILES string of the molecule is O=C(/C=C/c1ccco1)NCC1CCN(C(=O)Oc2ccccc2)CC1. The molecule has 136 valence electrons. The van der Waals surface area contributed by atoms with Gasteiger partial charge in [0.2, 0.25) is 5.91 Å². The highest BCUT2D eigenvalue weighted by atomic mass is 16.6. The van der Waals surface area contributed by atoms with Crippen LogP contribution >= 0.6 is 0 Å². The summed E-state index contributed by atoms with van der Waals surface area (Å²) in [6.07, 6.45) is 6.02. The molecule has 2 heterocycles. The van der Waals surface area contributed by atoms with Crippen LogP contribution in [0.5, 0.6) is 5.75 Å². The molecule has 0 bridgehead atoms. The van der Waals surface area contributed by atoms with Gasteiger partial charge in [-0.1, -0.05) is 18.2 Å². The number of nitrogens with zero attached hydrogens (tertiary/aromatic N) is 1. The molecule has 0 radical (unpaired) electrons. The third-order valence-electron chi connectivity index (χ3n) is 4.33. The third kappa shape index (κ3) is 5.24. The molecule has 1 aliphatic heterocycles. The van der Waals surface area contributed by atoms with Crippen molar-refractivity contribution in [2.45, 2.75) is 12.8 Å². The molecule has 2 amide bonds. The van der Waals surface area contributed by atoms with Crippen molar-refractivity contribution in [3.8, 4) is 5.75 Å². The zero-order valence-electron chi connectivity index (χ0n) is 14.5. The van der Waals surface area contributed by atoms with Gasteiger partial charge in [0.1, 0.15) is 11.5 Å². The van der Waals surface area contributed by atoms with Crippen molar-refractivity contribution in [3.63, 3.8) is 0 Å². The number of amides is 2. The molecule has 0 aliphatic carbocycles. The van der Waals surface area contributed by atoms with E-state index in [1.165, 1.54) is 6.08 Å². The van der Waals surface area contributed by atoms with Crippen molar-refractivity contribution < 1.29 is 18.7 Å². The molecule has 0 saturated carbocycles. The van der Waals surface area contributed by atoms with E-state index in [1.54, 1.807) is 41.5 Å². The van der Waals surface area contributed by atoms with Crippen LogP contribution in [-0.4, -0.2) is 36.5 Å². The highest BCUT2D eigenvalue weighted by molar-refractivity contribution is 5.91. The summed E-state index contributed by atoms with van der Waals surface area (Å²) in [6.45, 7) is 1.87. The lowest BCUT2D eigenvalue weighted by molar-refractivity contribution is -0.116. The predicted octanol–water partition coefficient (Wildman–Crippen LogP) is 3.32. The molecule has 1 aromatic heterocycles. The maximum Gasteiger partial charge on any atom is 0.415 e. The first-order valence-electron chi connectivity index (χ1n) is 8.72. The maximum absolute atomic E-state index is 12.2. The second kappa shape index (κ2) is 8.89. The summed E-state index contributed by atoms with van der Waals surface area (Å²) in [5.41, 5.74) is 0. The first-order valence-corrected chi connectivity index (χ1v) is 8.72. The summed E-state index contributed by atoms with van der Waals surface area (Å²) in [4.78, 5) is 25.7. The van der Waals surface area contributed by atoms with Crippen molar-refractivity contribution in [1.82, 2.24) is 10.2 Å². The van der Waals surface area contributed by atoms with Crippen LogP contribution in [0.4, 0.5) is 4.79 Å². The van der Waals surface area contributed by atoms with Gasteiger partial charge in [-0.05, 0) is 49.1 Å². The van der Waals surface area contributed by atoms with Gasteiger partial charge in [-0.15, -0.1) is 0 Å². The van der Waals surface area contributed by atoms with Crippen LogP contribution in [0.3, 0.4) is 0 Å². The average molecular weight is 354 g/mol. The molecule has 26 heavy (non-hydrogen) atoms. The van der Waals surface area contributed by atoms with Crippen LogP contribution in [0.15, 0.2) is 59.2 Å². The lowest BCUT2D eigenvalue weighted by Crippen LogP contribution is -2.42. The Morgan fingerprint density at radius 3 is 2.62 bits per heavy atom. The number of rotatable bonds is 5. The summed E-state index contributed by atoms with van der Waals surface area (Å²) in [7, 11) is 0. The summed E-state index contributed by atoms with van der Waals surface area (Å²) < 4.78 is 10.5. The van der Waals surface area contributed by atoms with Crippen molar-refractivity contribution in [1.29, 1.82) is 0 Å². The van der Waals surface area contributed by atoms with Crippen molar-refractivity contribution in [3.05, 3.63) is 60.6 Å². The molecule has 2 aromatic rings. The fourth-order valence-electron chi connectivity index (χ4n) is 2.82. The molecular formula is C20H22N2O4. The van der Waals surface area contributed by atoms with E-state index >= 15 is 0 Å². The van der Waals surface area contributed by atoms with Crippen LogP contribution in [0.1, 0.15) is 18.6 Å². The van der Waals surface area contributed by atoms with Crippen molar-refractivity contribution in [2.24, 2.45) is 5.92 Å². The number of carbonyl (C=O) groups is 2. The zero-order chi connectivity index (χ0) is 18.2. The van der Waals surface area contributed by atoms with E-state index in [2.05, 4.69) is 5.32 Å². The largest absolute Gasteiger partial charge is 0.465 e. The number of ether oxygens (including phenoxy) is 1. The first-order chi connectivity index (χ1) is 12.7. The fourth-order valence-corrected chi connectivity index (χ4v) is 2.82. The second-order valence-electron chi connectivity index (χ2n) is 6.21. The van der Waals surface area contributed by atoms with Gasteiger partial charge >= 0.3 is 6.09 Å².